The molecule has 0 amide bonds. The van der Waals surface area contributed by atoms with Gasteiger partial charge in [0.1, 0.15) is 17.5 Å². The van der Waals surface area contributed by atoms with E-state index in [1.165, 1.54) is 12.8 Å². The summed E-state index contributed by atoms with van der Waals surface area (Å²) in [6, 6.07) is 2.07. The first-order chi connectivity index (χ1) is 9.10. The Morgan fingerprint density at radius 1 is 1.37 bits per heavy atom. The second-order valence-electron chi connectivity index (χ2n) is 5.87. The summed E-state index contributed by atoms with van der Waals surface area (Å²) < 4.78 is 0. The van der Waals surface area contributed by atoms with Gasteiger partial charge in [0.25, 0.3) is 0 Å². The lowest BCUT2D eigenvalue weighted by Crippen LogP contribution is -2.22. The van der Waals surface area contributed by atoms with Crippen molar-refractivity contribution in [3.63, 3.8) is 0 Å². The predicted octanol–water partition coefficient (Wildman–Crippen LogP) is 3.27. The molecule has 1 aromatic heterocycles. The van der Waals surface area contributed by atoms with Crippen molar-refractivity contribution in [2.45, 2.75) is 46.0 Å². The van der Waals surface area contributed by atoms with Gasteiger partial charge in [-0.2, -0.15) is 0 Å². The molecule has 4 nitrogen and oxygen atoms in total. The van der Waals surface area contributed by atoms with Gasteiger partial charge < -0.3 is 10.2 Å². The average molecular weight is 262 g/mol. The van der Waals surface area contributed by atoms with E-state index < -0.39 is 0 Å². The molecule has 1 saturated carbocycles. The molecule has 1 aliphatic rings. The van der Waals surface area contributed by atoms with Gasteiger partial charge >= 0.3 is 0 Å². The molecule has 1 aliphatic carbocycles. The first-order valence-corrected chi connectivity index (χ1v) is 7.44. The Morgan fingerprint density at radius 2 is 2.11 bits per heavy atom. The van der Waals surface area contributed by atoms with Gasteiger partial charge in [-0.25, -0.2) is 9.97 Å². The van der Waals surface area contributed by atoms with Crippen LogP contribution in [0.15, 0.2) is 6.07 Å². The number of nitrogens with one attached hydrogen (secondary N) is 1. The minimum absolute atomic E-state index is 0.358. The number of rotatable bonds is 7. The van der Waals surface area contributed by atoms with Crippen LogP contribution in [0.1, 0.15) is 51.8 Å². The molecule has 0 radical (unpaired) electrons. The molecule has 0 unspecified atom stereocenters. The lowest BCUT2D eigenvalue weighted by atomic mass is 10.2. The van der Waals surface area contributed by atoms with Crippen molar-refractivity contribution >= 4 is 11.6 Å². The molecule has 1 heterocycles. The van der Waals surface area contributed by atoms with Gasteiger partial charge in [0.2, 0.25) is 0 Å². The highest BCUT2D eigenvalue weighted by Gasteiger charge is 2.23. The van der Waals surface area contributed by atoms with Crippen molar-refractivity contribution in [3.8, 4) is 0 Å². The first kappa shape index (κ1) is 14.1. The third-order valence-electron chi connectivity index (χ3n) is 3.42. The van der Waals surface area contributed by atoms with Gasteiger partial charge in [0.05, 0.1) is 0 Å². The van der Waals surface area contributed by atoms with Crippen LogP contribution >= 0.6 is 0 Å². The molecule has 19 heavy (non-hydrogen) atoms. The van der Waals surface area contributed by atoms with E-state index in [1.807, 2.05) is 0 Å². The molecule has 1 fully saturated rings. The molecule has 2 rings (SSSR count). The van der Waals surface area contributed by atoms with Crippen molar-refractivity contribution < 1.29 is 0 Å². The fraction of sp³-hybridized carbons (Fsp3) is 0.733. The van der Waals surface area contributed by atoms with Crippen LogP contribution in [0.4, 0.5) is 11.6 Å². The summed E-state index contributed by atoms with van der Waals surface area (Å²) in [5.41, 5.74) is 0. The van der Waals surface area contributed by atoms with Crippen molar-refractivity contribution in [2.24, 2.45) is 5.92 Å². The second-order valence-corrected chi connectivity index (χ2v) is 5.87. The monoisotopic (exact) mass is 262 g/mol. The number of hydrogen-bond acceptors (Lipinski definition) is 4. The van der Waals surface area contributed by atoms with E-state index in [4.69, 9.17) is 4.98 Å². The van der Waals surface area contributed by atoms with E-state index >= 15 is 0 Å². The zero-order valence-electron chi connectivity index (χ0n) is 12.6. The van der Waals surface area contributed by atoms with E-state index in [1.54, 1.807) is 0 Å². The summed E-state index contributed by atoms with van der Waals surface area (Å²) in [6.45, 7) is 8.52. The second kappa shape index (κ2) is 6.22. The number of hydrogen-bond donors (Lipinski definition) is 1. The normalized spacial score (nSPS) is 14.8. The Hall–Kier alpha value is -1.32. The highest BCUT2D eigenvalue weighted by atomic mass is 15.2. The number of anilines is 2. The lowest BCUT2D eigenvalue weighted by molar-refractivity contribution is 0.741. The predicted molar refractivity (Wildman–Crippen MR) is 80.9 cm³/mol. The van der Waals surface area contributed by atoms with E-state index in [0.29, 0.717) is 5.92 Å². The maximum atomic E-state index is 4.70. The molecule has 106 valence electrons. The number of nitrogens with zero attached hydrogens (tertiary/aromatic N) is 3. The van der Waals surface area contributed by atoms with Crippen LogP contribution < -0.4 is 10.2 Å². The minimum Gasteiger partial charge on any atom is -0.370 e. The summed E-state index contributed by atoms with van der Waals surface area (Å²) in [5.74, 6) is 4.16. The highest BCUT2D eigenvalue weighted by molar-refractivity contribution is 5.49. The Morgan fingerprint density at radius 3 is 2.68 bits per heavy atom. The first-order valence-electron chi connectivity index (χ1n) is 7.44. The third-order valence-corrected chi connectivity index (χ3v) is 3.42. The SMILES string of the molecule is CCCNc1cc(N(C)CC2CC2)nc(C(C)C)n1. The molecular weight excluding hydrogens is 236 g/mol. The van der Waals surface area contributed by atoms with Crippen molar-refractivity contribution in [3.05, 3.63) is 11.9 Å². The van der Waals surface area contributed by atoms with Gasteiger partial charge in [-0.3, -0.25) is 0 Å². The highest BCUT2D eigenvalue weighted by Crippen LogP contribution is 2.31. The fourth-order valence-electron chi connectivity index (χ4n) is 2.03. The van der Waals surface area contributed by atoms with Crippen LogP contribution in [0, 0.1) is 5.92 Å². The summed E-state index contributed by atoms with van der Waals surface area (Å²) in [6.07, 6.45) is 3.84. The van der Waals surface area contributed by atoms with E-state index in [0.717, 1.165) is 42.9 Å². The molecule has 0 atom stereocenters. The Kier molecular flexibility index (Phi) is 4.61. The maximum Gasteiger partial charge on any atom is 0.135 e. The van der Waals surface area contributed by atoms with Crippen molar-refractivity contribution in [1.29, 1.82) is 0 Å². The van der Waals surface area contributed by atoms with Crippen molar-refractivity contribution in [1.82, 2.24) is 9.97 Å². The molecular formula is C15H26N4. The summed E-state index contributed by atoms with van der Waals surface area (Å²) in [5, 5.41) is 3.38. The summed E-state index contributed by atoms with van der Waals surface area (Å²) in [7, 11) is 2.13. The zero-order valence-corrected chi connectivity index (χ0v) is 12.6. The molecule has 0 spiro atoms. The Labute approximate surface area is 116 Å². The van der Waals surface area contributed by atoms with Gasteiger partial charge in [0.15, 0.2) is 0 Å². The summed E-state index contributed by atoms with van der Waals surface area (Å²) in [4.78, 5) is 11.6. The van der Waals surface area contributed by atoms with Gasteiger partial charge in [-0.05, 0) is 25.2 Å². The van der Waals surface area contributed by atoms with Crippen LogP contribution in [-0.2, 0) is 0 Å². The number of aromatic nitrogens is 2. The molecule has 0 bridgehead atoms. The molecule has 1 aromatic rings. The topological polar surface area (TPSA) is 41.0 Å². The average Bonchev–Trinajstić information content (AvgIpc) is 3.19. The van der Waals surface area contributed by atoms with Gasteiger partial charge in [-0.1, -0.05) is 20.8 Å². The van der Waals surface area contributed by atoms with Gasteiger partial charge in [0, 0.05) is 32.1 Å². The minimum atomic E-state index is 0.358. The molecule has 0 aromatic carbocycles. The standard InChI is InChI=1S/C15H26N4/c1-5-8-16-13-9-14(18-15(17-13)11(2)3)19(4)10-12-6-7-12/h9,11-12H,5-8,10H2,1-4H3,(H,16,17,18). The van der Waals surface area contributed by atoms with Crippen LogP contribution in [0.2, 0.25) is 0 Å². The molecule has 1 N–H and O–H groups in total. The Balaban J connectivity index is 2.16. The van der Waals surface area contributed by atoms with E-state index in [2.05, 4.69) is 49.1 Å². The maximum absolute atomic E-state index is 4.70. The van der Waals surface area contributed by atoms with Crippen LogP contribution in [0.5, 0.6) is 0 Å². The largest absolute Gasteiger partial charge is 0.370 e. The zero-order chi connectivity index (χ0) is 13.8. The lowest BCUT2D eigenvalue weighted by Gasteiger charge is -2.20. The molecule has 0 saturated heterocycles. The Bertz CT molecular complexity index is 413. The fourth-order valence-corrected chi connectivity index (χ4v) is 2.03. The van der Waals surface area contributed by atoms with Crippen LogP contribution in [0.3, 0.4) is 0 Å². The van der Waals surface area contributed by atoms with Crippen molar-refractivity contribution in [2.75, 3.05) is 30.4 Å². The van der Waals surface area contributed by atoms with Crippen LogP contribution in [0.25, 0.3) is 0 Å². The molecule has 4 heteroatoms. The smallest absolute Gasteiger partial charge is 0.135 e. The third kappa shape index (κ3) is 4.08. The van der Waals surface area contributed by atoms with Gasteiger partial charge in [-0.15, -0.1) is 0 Å². The van der Waals surface area contributed by atoms with E-state index in [-0.39, 0.29) is 0 Å². The quantitative estimate of drug-likeness (QED) is 0.819. The summed E-state index contributed by atoms with van der Waals surface area (Å²) >= 11 is 0. The van der Waals surface area contributed by atoms with E-state index in [9.17, 15) is 0 Å². The molecule has 0 aliphatic heterocycles. The van der Waals surface area contributed by atoms with Crippen LogP contribution in [-0.4, -0.2) is 30.1 Å².